The van der Waals surface area contributed by atoms with Gasteiger partial charge in [-0.3, -0.25) is 9.59 Å². The molecule has 0 aliphatic rings. The number of amides is 2. The van der Waals surface area contributed by atoms with Gasteiger partial charge >= 0.3 is 0 Å². The molecule has 2 atom stereocenters. The van der Waals surface area contributed by atoms with E-state index in [1.165, 1.54) is 11.8 Å². The fraction of sp³-hybridized carbons (Fsp3) is 0.348. The maximum absolute atomic E-state index is 13.1. The van der Waals surface area contributed by atoms with Crippen molar-refractivity contribution in [2.75, 3.05) is 12.3 Å². The summed E-state index contributed by atoms with van der Waals surface area (Å²) in [6.45, 7) is 4.42. The number of fused-ring (bicyclic) bond motifs is 3. The lowest BCUT2D eigenvalue weighted by Crippen LogP contribution is -2.50. The molecule has 1 unspecified atom stereocenters. The molecule has 4 aromatic rings. The summed E-state index contributed by atoms with van der Waals surface area (Å²) in [4.78, 5) is 29.3. The van der Waals surface area contributed by atoms with E-state index in [2.05, 4.69) is 31.1 Å². The van der Waals surface area contributed by atoms with Crippen LogP contribution >= 0.6 is 11.8 Å². The number of nitrogens with one attached hydrogen (secondary N) is 3. The first-order valence-corrected chi connectivity index (χ1v) is 11.9. The smallest absolute Gasteiger partial charge is 0.251 e. The number of benzene rings is 2. The largest absolute Gasteiger partial charge is 0.355 e. The minimum Gasteiger partial charge on any atom is -0.355 e. The zero-order valence-electron chi connectivity index (χ0n) is 18.8. The molecule has 0 aliphatic carbocycles. The Kier molecular flexibility index (Phi) is 6.93. The van der Waals surface area contributed by atoms with Gasteiger partial charge < -0.3 is 15.6 Å². The van der Waals surface area contributed by atoms with Crippen molar-refractivity contribution in [1.29, 1.82) is 0 Å². The van der Waals surface area contributed by atoms with Crippen LogP contribution in [-0.4, -0.2) is 55.3 Å². The first kappa shape index (κ1) is 22.8. The Bertz CT molecular complexity index is 1280. The Morgan fingerprint density at radius 3 is 2.70 bits per heavy atom. The van der Waals surface area contributed by atoms with Gasteiger partial charge in [0.2, 0.25) is 11.1 Å². The van der Waals surface area contributed by atoms with Crippen LogP contribution in [0.5, 0.6) is 0 Å². The molecule has 2 heterocycles. The zero-order valence-corrected chi connectivity index (χ0v) is 19.6. The van der Waals surface area contributed by atoms with E-state index in [0.717, 1.165) is 28.2 Å². The molecule has 0 bridgehead atoms. The van der Waals surface area contributed by atoms with Crippen molar-refractivity contribution in [3.05, 3.63) is 48.0 Å². The highest BCUT2D eigenvalue weighted by atomic mass is 32.2. The normalized spacial score (nSPS) is 13.2. The van der Waals surface area contributed by atoms with Gasteiger partial charge in [-0.25, -0.2) is 4.68 Å². The number of para-hydroxylation sites is 1. The second-order valence-electron chi connectivity index (χ2n) is 7.99. The minimum absolute atomic E-state index is 0.0126. The summed E-state index contributed by atoms with van der Waals surface area (Å²) in [5, 5.41) is 19.9. The molecule has 0 fully saturated rings. The number of tetrazole rings is 1. The lowest BCUT2D eigenvalue weighted by atomic mass is 9.97. The second kappa shape index (κ2) is 10.0. The number of H-pyrrole nitrogens is 1. The van der Waals surface area contributed by atoms with E-state index in [1.54, 1.807) is 17.8 Å². The Morgan fingerprint density at radius 2 is 1.94 bits per heavy atom. The first-order chi connectivity index (χ1) is 16.0. The number of rotatable bonds is 9. The number of nitrogens with zero attached hydrogens (tertiary/aromatic N) is 4. The van der Waals surface area contributed by atoms with E-state index >= 15 is 0 Å². The van der Waals surface area contributed by atoms with Crippen LogP contribution in [0.15, 0.2) is 47.6 Å². The SMILES string of the molecule is CCC(C)[C@H](NC(=O)c1ccc2[nH]c3ccccc3c2c1)C(=O)NCCSc1nnnn1C. The Labute approximate surface area is 195 Å². The van der Waals surface area contributed by atoms with E-state index < -0.39 is 6.04 Å². The van der Waals surface area contributed by atoms with Gasteiger partial charge in [-0.1, -0.05) is 50.2 Å². The van der Waals surface area contributed by atoms with Gasteiger partial charge in [0.25, 0.3) is 5.91 Å². The molecular weight excluding hydrogens is 438 g/mol. The van der Waals surface area contributed by atoms with Crippen molar-refractivity contribution in [3.8, 4) is 0 Å². The molecule has 0 saturated heterocycles. The zero-order chi connectivity index (χ0) is 23.4. The molecule has 0 aliphatic heterocycles. The highest BCUT2D eigenvalue weighted by Crippen LogP contribution is 2.26. The number of aromatic nitrogens is 5. The van der Waals surface area contributed by atoms with Crippen LogP contribution in [0.25, 0.3) is 21.8 Å². The Morgan fingerprint density at radius 1 is 1.15 bits per heavy atom. The summed E-state index contributed by atoms with van der Waals surface area (Å²) < 4.78 is 1.58. The molecule has 9 nitrogen and oxygen atoms in total. The number of aromatic amines is 1. The molecule has 10 heteroatoms. The van der Waals surface area contributed by atoms with Gasteiger partial charge in [-0.05, 0) is 40.6 Å². The van der Waals surface area contributed by atoms with Crippen molar-refractivity contribution in [1.82, 2.24) is 35.8 Å². The molecule has 2 amide bonds. The molecule has 3 N–H and O–H groups in total. The summed E-state index contributed by atoms with van der Waals surface area (Å²) >= 11 is 1.46. The standard InChI is InChI=1S/C23H27N7O2S/c1-4-14(2)20(22(32)24-11-12-33-23-27-28-29-30(23)3)26-21(31)15-9-10-19-17(13-15)16-7-5-6-8-18(16)25-19/h5-10,13-14,20,25H,4,11-12H2,1-3H3,(H,24,32)(H,26,31)/t14?,20-/m0/s1. The highest BCUT2D eigenvalue weighted by molar-refractivity contribution is 7.99. The summed E-state index contributed by atoms with van der Waals surface area (Å²) in [6.07, 6.45) is 0.763. The van der Waals surface area contributed by atoms with Gasteiger partial charge in [0.1, 0.15) is 6.04 Å². The van der Waals surface area contributed by atoms with Gasteiger partial charge in [0.15, 0.2) is 0 Å². The van der Waals surface area contributed by atoms with Crippen LogP contribution in [0, 0.1) is 5.92 Å². The molecule has 172 valence electrons. The lowest BCUT2D eigenvalue weighted by molar-refractivity contribution is -0.124. The quantitative estimate of drug-likeness (QED) is 0.258. The summed E-state index contributed by atoms with van der Waals surface area (Å²) in [7, 11) is 1.77. The van der Waals surface area contributed by atoms with Crippen LogP contribution in [0.3, 0.4) is 0 Å². The van der Waals surface area contributed by atoms with E-state index in [1.807, 2.05) is 50.2 Å². The van der Waals surface area contributed by atoms with Crippen LogP contribution in [-0.2, 0) is 11.8 Å². The van der Waals surface area contributed by atoms with E-state index in [-0.39, 0.29) is 17.7 Å². The van der Waals surface area contributed by atoms with Crippen LogP contribution < -0.4 is 10.6 Å². The molecule has 2 aromatic carbocycles. The van der Waals surface area contributed by atoms with Crippen molar-refractivity contribution in [3.63, 3.8) is 0 Å². The number of aryl methyl sites for hydroxylation is 1. The van der Waals surface area contributed by atoms with Gasteiger partial charge in [0, 0.05) is 46.7 Å². The van der Waals surface area contributed by atoms with Crippen molar-refractivity contribution in [2.24, 2.45) is 13.0 Å². The van der Waals surface area contributed by atoms with Crippen LogP contribution in [0.4, 0.5) is 0 Å². The topological polar surface area (TPSA) is 118 Å². The molecular formula is C23H27N7O2S. The van der Waals surface area contributed by atoms with Crippen LogP contribution in [0.1, 0.15) is 30.6 Å². The fourth-order valence-corrected chi connectivity index (χ4v) is 4.39. The minimum atomic E-state index is -0.623. The lowest BCUT2D eigenvalue weighted by Gasteiger charge is -2.23. The fourth-order valence-electron chi connectivity index (χ4n) is 3.69. The van der Waals surface area contributed by atoms with Crippen molar-refractivity contribution >= 4 is 45.4 Å². The monoisotopic (exact) mass is 465 g/mol. The number of carbonyl (C=O) groups is 2. The number of carbonyl (C=O) groups excluding carboxylic acids is 2. The van der Waals surface area contributed by atoms with E-state index in [9.17, 15) is 9.59 Å². The van der Waals surface area contributed by atoms with Crippen molar-refractivity contribution < 1.29 is 9.59 Å². The number of hydrogen-bond donors (Lipinski definition) is 3. The molecule has 0 saturated carbocycles. The first-order valence-electron chi connectivity index (χ1n) is 10.9. The van der Waals surface area contributed by atoms with Gasteiger partial charge in [-0.2, -0.15) is 0 Å². The third-order valence-corrected chi connectivity index (χ3v) is 6.78. The van der Waals surface area contributed by atoms with Crippen LogP contribution in [0.2, 0.25) is 0 Å². The van der Waals surface area contributed by atoms with Crippen molar-refractivity contribution in [2.45, 2.75) is 31.5 Å². The summed E-state index contributed by atoms with van der Waals surface area (Å²) in [5.74, 6) is 0.157. The summed E-state index contributed by atoms with van der Waals surface area (Å²) in [5.41, 5.74) is 2.52. The van der Waals surface area contributed by atoms with Gasteiger partial charge in [0.05, 0.1) is 0 Å². The maximum Gasteiger partial charge on any atom is 0.251 e. The number of thioether (sulfide) groups is 1. The molecule has 2 aromatic heterocycles. The van der Waals surface area contributed by atoms with E-state index in [4.69, 9.17) is 0 Å². The molecule has 4 rings (SSSR count). The molecule has 33 heavy (non-hydrogen) atoms. The third-order valence-electron chi connectivity index (χ3n) is 5.76. The summed E-state index contributed by atoms with van der Waals surface area (Å²) in [6, 6.07) is 12.9. The Balaban J connectivity index is 1.43. The third kappa shape index (κ3) is 5.00. The van der Waals surface area contributed by atoms with Gasteiger partial charge in [-0.15, -0.1) is 5.10 Å². The average molecular weight is 466 g/mol. The second-order valence-corrected chi connectivity index (χ2v) is 9.05. The predicted octanol–water partition coefficient (Wildman–Crippen LogP) is 2.90. The van der Waals surface area contributed by atoms with E-state index in [0.29, 0.717) is 23.0 Å². The number of hydrogen-bond acceptors (Lipinski definition) is 6. The Hall–Kier alpha value is -3.40. The average Bonchev–Trinajstić information content (AvgIpc) is 3.41. The molecule has 0 spiro atoms. The highest BCUT2D eigenvalue weighted by Gasteiger charge is 2.26. The maximum atomic E-state index is 13.1. The predicted molar refractivity (Wildman–Crippen MR) is 129 cm³/mol. The molecule has 0 radical (unpaired) electrons.